The Hall–Kier alpha value is -1.22. The lowest BCUT2D eigenvalue weighted by molar-refractivity contribution is -0.125. The number of rotatable bonds is 11. The Morgan fingerprint density at radius 3 is 1.73 bits per heavy atom. The fraction of sp³-hybridized carbons (Fsp3) is 0.857. The molecular formula is C14H32N6O2. The van der Waals surface area contributed by atoms with Gasteiger partial charge in [0.15, 0.2) is 0 Å². The summed E-state index contributed by atoms with van der Waals surface area (Å²) in [6.07, 6.45) is 0. The highest BCUT2D eigenvalue weighted by atomic mass is 16.2. The Morgan fingerprint density at radius 1 is 0.909 bits per heavy atom. The van der Waals surface area contributed by atoms with Gasteiger partial charge in [0.25, 0.3) is 0 Å². The van der Waals surface area contributed by atoms with E-state index in [9.17, 15) is 9.59 Å². The zero-order valence-electron chi connectivity index (χ0n) is 14.1. The van der Waals surface area contributed by atoms with E-state index in [1.165, 1.54) is 0 Å². The summed E-state index contributed by atoms with van der Waals surface area (Å²) in [5.74, 6) is -0.263. The minimum absolute atomic E-state index is 0.00468. The largest absolute Gasteiger partial charge is 0.354 e. The summed E-state index contributed by atoms with van der Waals surface area (Å²) in [6, 6.07) is 0. The van der Waals surface area contributed by atoms with Crippen LogP contribution in [0.1, 0.15) is 20.8 Å². The fourth-order valence-corrected chi connectivity index (χ4v) is 1.74. The highest BCUT2D eigenvalue weighted by Gasteiger charge is 2.15. The van der Waals surface area contributed by atoms with Gasteiger partial charge in [-0.2, -0.15) is 0 Å². The topological polar surface area (TPSA) is 126 Å². The SMILES string of the molecule is CC(C)(C)NCCN(CC(=O)NCCN)CC(=O)NCCN. The molecule has 0 heterocycles. The van der Waals surface area contributed by atoms with E-state index in [2.05, 4.69) is 36.7 Å². The number of nitrogens with one attached hydrogen (secondary N) is 3. The predicted molar refractivity (Wildman–Crippen MR) is 88.3 cm³/mol. The molecule has 0 radical (unpaired) electrons. The molecule has 0 fully saturated rings. The van der Waals surface area contributed by atoms with Gasteiger partial charge in [-0.3, -0.25) is 14.5 Å². The molecule has 0 rings (SSSR count). The first-order valence-corrected chi connectivity index (χ1v) is 7.69. The number of hydrogen-bond acceptors (Lipinski definition) is 6. The van der Waals surface area contributed by atoms with Crippen molar-refractivity contribution in [3.63, 3.8) is 0 Å². The third kappa shape index (κ3) is 12.5. The molecule has 0 unspecified atom stereocenters. The van der Waals surface area contributed by atoms with Crippen LogP contribution >= 0.6 is 0 Å². The number of nitrogens with zero attached hydrogens (tertiary/aromatic N) is 1. The van der Waals surface area contributed by atoms with Crippen LogP contribution in [0, 0.1) is 0 Å². The summed E-state index contributed by atoms with van der Waals surface area (Å²) in [5.41, 5.74) is 10.7. The number of carbonyl (C=O) groups excluding carboxylic acids is 2. The lowest BCUT2D eigenvalue weighted by Gasteiger charge is -2.25. The molecule has 0 aromatic rings. The molecule has 0 atom stereocenters. The highest BCUT2D eigenvalue weighted by Crippen LogP contribution is 1.98. The third-order valence-electron chi connectivity index (χ3n) is 2.75. The van der Waals surface area contributed by atoms with Crippen molar-refractivity contribution in [2.45, 2.75) is 26.3 Å². The van der Waals surface area contributed by atoms with Crippen molar-refractivity contribution in [2.24, 2.45) is 11.5 Å². The minimum Gasteiger partial charge on any atom is -0.354 e. The van der Waals surface area contributed by atoms with E-state index < -0.39 is 0 Å². The van der Waals surface area contributed by atoms with E-state index in [4.69, 9.17) is 11.5 Å². The van der Waals surface area contributed by atoms with Crippen LogP contribution in [0.25, 0.3) is 0 Å². The van der Waals surface area contributed by atoms with Gasteiger partial charge < -0.3 is 27.4 Å². The molecule has 0 aromatic carbocycles. The van der Waals surface area contributed by atoms with Crippen molar-refractivity contribution in [3.8, 4) is 0 Å². The summed E-state index contributed by atoms with van der Waals surface area (Å²) in [7, 11) is 0. The molecule has 8 nitrogen and oxygen atoms in total. The lowest BCUT2D eigenvalue weighted by Crippen LogP contribution is -2.48. The number of hydrogen-bond donors (Lipinski definition) is 5. The van der Waals surface area contributed by atoms with E-state index in [0.717, 1.165) is 0 Å². The second kappa shape index (κ2) is 11.4. The Balaban J connectivity index is 4.35. The van der Waals surface area contributed by atoms with Gasteiger partial charge >= 0.3 is 0 Å². The van der Waals surface area contributed by atoms with Crippen LogP contribution < -0.4 is 27.4 Å². The van der Waals surface area contributed by atoms with Crippen molar-refractivity contribution >= 4 is 11.8 Å². The van der Waals surface area contributed by atoms with E-state index in [0.29, 0.717) is 39.3 Å². The second-order valence-electron chi connectivity index (χ2n) is 6.16. The summed E-state index contributed by atoms with van der Waals surface area (Å²) in [4.78, 5) is 25.4. The van der Waals surface area contributed by atoms with E-state index in [1.54, 1.807) is 4.90 Å². The summed E-state index contributed by atoms with van der Waals surface area (Å²) < 4.78 is 0. The quantitative estimate of drug-likeness (QED) is 0.295. The molecule has 22 heavy (non-hydrogen) atoms. The van der Waals surface area contributed by atoms with Gasteiger partial charge in [0.1, 0.15) is 0 Å². The molecular weight excluding hydrogens is 284 g/mol. The Morgan fingerprint density at radius 2 is 1.36 bits per heavy atom. The van der Waals surface area contributed by atoms with Crippen molar-refractivity contribution < 1.29 is 9.59 Å². The van der Waals surface area contributed by atoms with Gasteiger partial charge in [-0.25, -0.2) is 0 Å². The van der Waals surface area contributed by atoms with E-state index >= 15 is 0 Å². The minimum atomic E-state index is -0.132. The van der Waals surface area contributed by atoms with Crippen molar-refractivity contribution in [2.75, 3.05) is 52.4 Å². The maximum absolute atomic E-state index is 11.8. The van der Waals surface area contributed by atoms with Gasteiger partial charge in [0.2, 0.25) is 11.8 Å². The molecule has 0 aliphatic carbocycles. The monoisotopic (exact) mass is 316 g/mol. The maximum Gasteiger partial charge on any atom is 0.234 e. The summed E-state index contributed by atoms with van der Waals surface area (Å²) in [5, 5.41) is 8.76. The Kier molecular flexibility index (Phi) is 10.7. The maximum atomic E-state index is 11.8. The van der Waals surface area contributed by atoms with Gasteiger partial charge in [-0.15, -0.1) is 0 Å². The van der Waals surface area contributed by atoms with Gasteiger partial charge in [0, 0.05) is 44.8 Å². The average Bonchev–Trinajstić information content (AvgIpc) is 2.41. The van der Waals surface area contributed by atoms with Gasteiger partial charge in [-0.05, 0) is 20.8 Å². The van der Waals surface area contributed by atoms with Gasteiger partial charge in [-0.1, -0.05) is 0 Å². The molecule has 7 N–H and O–H groups in total. The molecule has 0 aromatic heterocycles. The average molecular weight is 316 g/mol. The molecule has 0 bridgehead atoms. The van der Waals surface area contributed by atoms with Gasteiger partial charge in [0.05, 0.1) is 13.1 Å². The summed E-state index contributed by atoms with van der Waals surface area (Å²) >= 11 is 0. The number of nitrogens with two attached hydrogens (primary N) is 2. The van der Waals surface area contributed by atoms with Crippen LogP contribution in [-0.4, -0.2) is 74.6 Å². The zero-order chi connectivity index (χ0) is 17.0. The first-order valence-electron chi connectivity index (χ1n) is 7.69. The lowest BCUT2D eigenvalue weighted by atomic mass is 10.1. The zero-order valence-corrected chi connectivity index (χ0v) is 14.1. The molecule has 2 amide bonds. The molecule has 0 aliphatic rings. The molecule has 0 spiro atoms. The van der Waals surface area contributed by atoms with Crippen molar-refractivity contribution in [1.82, 2.24) is 20.9 Å². The van der Waals surface area contributed by atoms with E-state index in [1.807, 2.05) is 0 Å². The molecule has 130 valence electrons. The van der Waals surface area contributed by atoms with Crippen LogP contribution in [0.15, 0.2) is 0 Å². The predicted octanol–water partition coefficient (Wildman–Crippen LogP) is -2.17. The van der Waals surface area contributed by atoms with Crippen LogP contribution in [0.3, 0.4) is 0 Å². The van der Waals surface area contributed by atoms with Crippen LogP contribution in [0.2, 0.25) is 0 Å². The Labute approximate surface area is 133 Å². The first kappa shape index (κ1) is 20.8. The second-order valence-corrected chi connectivity index (χ2v) is 6.16. The number of carbonyl (C=O) groups is 2. The van der Waals surface area contributed by atoms with Crippen LogP contribution in [0.5, 0.6) is 0 Å². The van der Waals surface area contributed by atoms with Crippen molar-refractivity contribution in [3.05, 3.63) is 0 Å². The normalized spacial score (nSPS) is 11.5. The summed E-state index contributed by atoms with van der Waals surface area (Å²) in [6.45, 7) is 9.50. The van der Waals surface area contributed by atoms with Crippen LogP contribution in [0.4, 0.5) is 0 Å². The molecule has 0 saturated heterocycles. The molecule has 0 saturated carbocycles. The Bertz CT molecular complexity index is 308. The molecule has 0 aliphatic heterocycles. The highest BCUT2D eigenvalue weighted by molar-refractivity contribution is 5.81. The smallest absolute Gasteiger partial charge is 0.234 e. The number of amides is 2. The van der Waals surface area contributed by atoms with Crippen molar-refractivity contribution in [1.29, 1.82) is 0 Å². The first-order chi connectivity index (χ1) is 10.3. The van der Waals surface area contributed by atoms with E-state index in [-0.39, 0.29) is 30.4 Å². The molecule has 8 heteroatoms. The van der Waals surface area contributed by atoms with Crippen LogP contribution in [-0.2, 0) is 9.59 Å². The third-order valence-corrected chi connectivity index (χ3v) is 2.75. The standard InChI is InChI=1S/C14H32N6O2/c1-14(2,3)19-8-9-20(10-12(21)17-6-4-15)11-13(22)18-7-5-16/h19H,4-11,15-16H2,1-3H3,(H,17,21)(H,18,22). The fourth-order valence-electron chi connectivity index (χ4n) is 1.74.